The van der Waals surface area contributed by atoms with Crippen LogP contribution in [0.2, 0.25) is 0 Å². The van der Waals surface area contributed by atoms with Gasteiger partial charge >= 0.3 is 5.97 Å². The molecule has 0 fully saturated rings. The zero-order valence-corrected chi connectivity index (χ0v) is 13.7. The number of ketones is 1. The number of fused-ring (bicyclic) bond motifs is 2. The molecular formula is C17H14O10. The highest BCUT2D eigenvalue weighted by Gasteiger charge is 2.42. The number of benzene rings is 2. The van der Waals surface area contributed by atoms with Gasteiger partial charge in [-0.1, -0.05) is 0 Å². The van der Waals surface area contributed by atoms with Crippen molar-refractivity contribution in [3.63, 3.8) is 0 Å². The molecule has 142 valence electrons. The number of methoxy groups -OCH3 is 1. The maximum Gasteiger partial charge on any atom is 0.306 e. The molecule has 0 amide bonds. The molecule has 1 aliphatic carbocycles. The maximum atomic E-state index is 12.8. The van der Waals surface area contributed by atoms with E-state index in [0.717, 1.165) is 13.2 Å². The molecule has 0 radical (unpaired) electrons. The fraction of sp³-hybridized carbons (Fsp3) is 0.176. The Labute approximate surface area is 150 Å². The molecular weight excluding hydrogens is 364 g/mol. The summed E-state index contributed by atoms with van der Waals surface area (Å²) in [6, 6.07) is 0.806. The lowest BCUT2D eigenvalue weighted by Crippen LogP contribution is -2.22. The van der Waals surface area contributed by atoms with E-state index in [4.69, 9.17) is 0 Å². The lowest BCUT2D eigenvalue weighted by Gasteiger charge is -2.29. The summed E-state index contributed by atoms with van der Waals surface area (Å²) in [6.45, 7) is 0. The lowest BCUT2D eigenvalue weighted by molar-refractivity contribution is -0.140. The SMILES string of the molecule is COC(=O)C[C@H]1c2c(cc(O)c(O)c2O)C(=O)c2c(O)c(O)c(O)c(O)c21. The summed E-state index contributed by atoms with van der Waals surface area (Å²) in [5.74, 6) is -10.3. The molecule has 1 atom stereocenters. The topological polar surface area (TPSA) is 185 Å². The molecule has 0 heterocycles. The zero-order valence-electron chi connectivity index (χ0n) is 13.7. The lowest BCUT2D eigenvalue weighted by atomic mass is 9.74. The van der Waals surface area contributed by atoms with Gasteiger partial charge in [0.05, 0.1) is 19.1 Å². The van der Waals surface area contributed by atoms with E-state index in [1.807, 2.05) is 0 Å². The fourth-order valence-corrected chi connectivity index (χ4v) is 3.22. The van der Waals surface area contributed by atoms with E-state index in [0.29, 0.717) is 0 Å². The molecule has 7 N–H and O–H groups in total. The second-order valence-electron chi connectivity index (χ2n) is 5.90. The van der Waals surface area contributed by atoms with Crippen LogP contribution < -0.4 is 0 Å². The van der Waals surface area contributed by atoms with Gasteiger partial charge in [0, 0.05) is 22.6 Å². The molecule has 10 heteroatoms. The van der Waals surface area contributed by atoms with Crippen LogP contribution in [0.25, 0.3) is 0 Å². The zero-order chi connectivity index (χ0) is 20.2. The van der Waals surface area contributed by atoms with Crippen LogP contribution in [-0.4, -0.2) is 54.6 Å². The Morgan fingerprint density at radius 3 is 2.04 bits per heavy atom. The number of carbonyl (C=O) groups is 2. The first-order chi connectivity index (χ1) is 12.6. The normalized spacial score (nSPS) is 15.1. The van der Waals surface area contributed by atoms with E-state index in [1.54, 1.807) is 0 Å². The summed E-state index contributed by atoms with van der Waals surface area (Å²) in [5, 5.41) is 69.6. The first-order valence-corrected chi connectivity index (χ1v) is 7.50. The molecule has 3 rings (SSSR count). The number of phenolic OH excluding ortho intramolecular Hbond substituents is 7. The van der Waals surface area contributed by atoms with E-state index in [2.05, 4.69) is 4.74 Å². The number of ether oxygens (including phenoxy) is 1. The van der Waals surface area contributed by atoms with Crippen molar-refractivity contribution in [2.45, 2.75) is 12.3 Å². The van der Waals surface area contributed by atoms with Gasteiger partial charge < -0.3 is 40.5 Å². The third-order valence-electron chi connectivity index (χ3n) is 4.49. The van der Waals surface area contributed by atoms with Crippen molar-refractivity contribution >= 4 is 11.8 Å². The van der Waals surface area contributed by atoms with Gasteiger partial charge in [-0.05, 0) is 6.07 Å². The number of hydrogen-bond acceptors (Lipinski definition) is 10. The van der Waals surface area contributed by atoms with Crippen molar-refractivity contribution in [2.24, 2.45) is 0 Å². The Morgan fingerprint density at radius 1 is 0.889 bits per heavy atom. The van der Waals surface area contributed by atoms with Gasteiger partial charge in [-0.2, -0.15) is 0 Å². The quantitative estimate of drug-likeness (QED) is 0.224. The molecule has 0 saturated heterocycles. The standard InChI is InChI=1S/C17H14O10/c1-27-7(19)3-4-8-5(2-6(18)12(21)13(8)22)11(20)10-9(4)14(23)16(25)17(26)15(10)24/h2,4,18,21-26H,3H2,1H3/t4-/m0/s1. The molecule has 0 spiro atoms. The number of rotatable bonds is 2. The molecule has 10 nitrogen and oxygen atoms in total. The van der Waals surface area contributed by atoms with Gasteiger partial charge in [0.1, 0.15) is 0 Å². The van der Waals surface area contributed by atoms with E-state index in [9.17, 15) is 45.3 Å². The minimum Gasteiger partial charge on any atom is -0.504 e. The number of carbonyl (C=O) groups excluding carboxylic acids is 2. The second-order valence-corrected chi connectivity index (χ2v) is 5.90. The summed E-state index contributed by atoms with van der Waals surface area (Å²) in [6.07, 6.45) is -0.571. The van der Waals surface area contributed by atoms with Crippen molar-refractivity contribution < 1.29 is 50.1 Å². The van der Waals surface area contributed by atoms with Crippen LogP contribution in [0.4, 0.5) is 0 Å². The van der Waals surface area contributed by atoms with Gasteiger partial charge in [-0.25, -0.2) is 0 Å². The highest BCUT2D eigenvalue weighted by atomic mass is 16.5. The molecule has 0 aromatic heterocycles. The molecule has 27 heavy (non-hydrogen) atoms. The summed E-state index contributed by atoms with van der Waals surface area (Å²) >= 11 is 0. The van der Waals surface area contributed by atoms with E-state index in [-0.39, 0.29) is 11.1 Å². The smallest absolute Gasteiger partial charge is 0.306 e. The molecule has 1 aliphatic rings. The predicted octanol–water partition coefficient (Wildman–Crippen LogP) is 0.865. The third kappa shape index (κ3) is 2.34. The van der Waals surface area contributed by atoms with Crippen molar-refractivity contribution in [3.8, 4) is 40.2 Å². The van der Waals surface area contributed by atoms with Gasteiger partial charge in [0.2, 0.25) is 17.2 Å². The Bertz CT molecular complexity index is 1010. The van der Waals surface area contributed by atoms with Gasteiger partial charge in [-0.15, -0.1) is 0 Å². The van der Waals surface area contributed by atoms with Crippen molar-refractivity contribution in [2.75, 3.05) is 7.11 Å². The van der Waals surface area contributed by atoms with Gasteiger partial charge in [-0.3, -0.25) is 9.59 Å². The van der Waals surface area contributed by atoms with Crippen LogP contribution >= 0.6 is 0 Å². The molecule has 2 aromatic rings. The second kappa shape index (κ2) is 5.87. The molecule has 2 aromatic carbocycles. The monoisotopic (exact) mass is 378 g/mol. The summed E-state index contributed by atoms with van der Waals surface area (Å²) in [7, 11) is 1.07. The van der Waals surface area contributed by atoms with E-state index >= 15 is 0 Å². The van der Waals surface area contributed by atoms with Crippen molar-refractivity contribution in [3.05, 3.63) is 28.3 Å². The predicted molar refractivity (Wildman–Crippen MR) is 86.4 cm³/mol. The van der Waals surface area contributed by atoms with Gasteiger partial charge in [0.15, 0.2) is 28.8 Å². The van der Waals surface area contributed by atoms with Crippen LogP contribution in [0.1, 0.15) is 39.4 Å². The number of esters is 1. The van der Waals surface area contributed by atoms with Crippen LogP contribution in [0.15, 0.2) is 6.07 Å². The third-order valence-corrected chi connectivity index (χ3v) is 4.49. The average Bonchev–Trinajstić information content (AvgIpc) is 2.64. The Hall–Kier alpha value is -3.82. The number of hydrogen-bond donors (Lipinski definition) is 7. The molecule has 0 bridgehead atoms. The van der Waals surface area contributed by atoms with Gasteiger partial charge in [0.25, 0.3) is 0 Å². The first-order valence-electron chi connectivity index (χ1n) is 7.50. The molecule has 0 saturated carbocycles. The summed E-state index contributed by atoms with van der Waals surface area (Å²) < 4.78 is 4.55. The average molecular weight is 378 g/mol. The number of aromatic hydroxyl groups is 7. The van der Waals surface area contributed by atoms with Crippen LogP contribution in [0.5, 0.6) is 40.2 Å². The number of phenols is 7. The summed E-state index contributed by atoms with van der Waals surface area (Å²) in [4.78, 5) is 24.6. The van der Waals surface area contributed by atoms with E-state index in [1.165, 1.54) is 0 Å². The Morgan fingerprint density at radius 2 is 1.44 bits per heavy atom. The van der Waals surface area contributed by atoms with Crippen molar-refractivity contribution in [1.29, 1.82) is 0 Å². The first kappa shape index (κ1) is 18.0. The molecule has 0 aliphatic heterocycles. The summed E-state index contributed by atoms with van der Waals surface area (Å²) in [5.41, 5.74) is -1.79. The van der Waals surface area contributed by atoms with Crippen LogP contribution in [-0.2, 0) is 9.53 Å². The highest BCUT2D eigenvalue weighted by Crippen LogP contribution is 2.57. The Balaban J connectivity index is 2.45. The van der Waals surface area contributed by atoms with E-state index < -0.39 is 75.5 Å². The molecule has 0 unspecified atom stereocenters. The maximum absolute atomic E-state index is 12.8. The minimum atomic E-state index is -1.36. The minimum absolute atomic E-state index is 0.326. The van der Waals surface area contributed by atoms with Crippen LogP contribution in [0.3, 0.4) is 0 Å². The Kier molecular flexibility index (Phi) is 3.91. The highest BCUT2D eigenvalue weighted by molar-refractivity contribution is 6.16. The fourth-order valence-electron chi connectivity index (χ4n) is 3.22. The van der Waals surface area contributed by atoms with Crippen LogP contribution in [0, 0.1) is 0 Å². The largest absolute Gasteiger partial charge is 0.504 e. The van der Waals surface area contributed by atoms with Crippen molar-refractivity contribution in [1.82, 2.24) is 0 Å².